The van der Waals surface area contributed by atoms with Gasteiger partial charge in [-0.25, -0.2) is 4.68 Å². The van der Waals surface area contributed by atoms with Gasteiger partial charge in [0.15, 0.2) is 5.82 Å². The topological polar surface area (TPSA) is 88.9 Å². The number of hydrogen-bond acceptors (Lipinski definition) is 4. The Morgan fingerprint density at radius 3 is 2.70 bits per heavy atom. The van der Waals surface area contributed by atoms with Gasteiger partial charge in [0.25, 0.3) is 0 Å². The van der Waals surface area contributed by atoms with Crippen LogP contribution in [-0.4, -0.2) is 26.8 Å². The molecule has 0 fully saturated rings. The summed E-state index contributed by atoms with van der Waals surface area (Å²) in [6, 6.07) is 9.62. The molecular weight excluding hydrogens is 258 g/mol. The first-order valence-electron chi connectivity index (χ1n) is 6.12. The minimum absolute atomic E-state index is 0.0550. The van der Waals surface area contributed by atoms with E-state index in [1.54, 1.807) is 0 Å². The van der Waals surface area contributed by atoms with Gasteiger partial charge in [-0.1, -0.05) is 35.5 Å². The summed E-state index contributed by atoms with van der Waals surface area (Å²) in [6.45, 7) is 1.90. The molecule has 20 heavy (non-hydrogen) atoms. The van der Waals surface area contributed by atoms with Crippen molar-refractivity contribution >= 4 is 17.6 Å². The summed E-state index contributed by atoms with van der Waals surface area (Å²) in [5.41, 5.74) is 1.03. The van der Waals surface area contributed by atoms with Gasteiger partial charge in [-0.3, -0.25) is 9.59 Å². The maximum absolute atomic E-state index is 11.7. The van der Waals surface area contributed by atoms with Crippen molar-refractivity contribution in [2.45, 2.75) is 20.0 Å². The van der Waals surface area contributed by atoms with Crippen molar-refractivity contribution in [1.29, 1.82) is 0 Å². The lowest BCUT2D eigenvalue weighted by Gasteiger charge is -2.04. The average Bonchev–Trinajstić information content (AvgIpc) is 2.84. The van der Waals surface area contributed by atoms with Crippen LogP contribution >= 0.6 is 0 Å². The predicted octanol–water partition coefficient (Wildman–Crippen LogP) is 0.553. The van der Waals surface area contributed by atoms with Gasteiger partial charge in [0.1, 0.15) is 6.54 Å². The molecule has 0 aliphatic heterocycles. The lowest BCUT2D eigenvalue weighted by Crippen LogP contribution is -2.27. The summed E-state index contributed by atoms with van der Waals surface area (Å²) < 4.78 is 1.37. The molecule has 0 atom stereocenters. The zero-order chi connectivity index (χ0) is 14.4. The molecule has 0 radical (unpaired) electrons. The maximum Gasteiger partial charge on any atom is 0.242 e. The van der Waals surface area contributed by atoms with Gasteiger partial charge in [0.05, 0.1) is 6.20 Å². The summed E-state index contributed by atoms with van der Waals surface area (Å²) >= 11 is 0. The van der Waals surface area contributed by atoms with Gasteiger partial charge < -0.3 is 10.6 Å². The van der Waals surface area contributed by atoms with Gasteiger partial charge in [0, 0.05) is 13.5 Å². The molecule has 2 N–H and O–H groups in total. The number of carbonyl (C=O) groups excluding carboxylic acids is 2. The predicted molar refractivity (Wildman–Crippen MR) is 72.6 cm³/mol. The molecule has 2 amide bonds. The highest BCUT2D eigenvalue weighted by Gasteiger charge is 2.06. The van der Waals surface area contributed by atoms with Crippen LogP contribution in [0.5, 0.6) is 0 Å². The van der Waals surface area contributed by atoms with Gasteiger partial charge in [-0.2, -0.15) is 0 Å². The highest BCUT2D eigenvalue weighted by atomic mass is 16.2. The SMILES string of the molecule is CC(=O)Nc1cn(CC(=O)NCc2ccccc2)nn1. The highest BCUT2D eigenvalue weighted by molar-refractivity contribution is 5.87. The van der Waals surface area contributed by atoms with E-state index < -0.39 is 0 Å². The average molecular weight is 273 g/mol. The van der Waals surface area contributed by atoms with Crippen LogP contribution in [0.4, 0.5) is 5.82 Å². The van der Waals surface area contributed by atoms with E-state index in [-0.39, 0.29) is 18.4 Å². The van der Waals surface area contributed by atoms with E-state index in [2.05, 4.69) is 20.9 Å². The van der Waals surface area contributed by atoms with E-state index >= 15 is 0 Å². The molecule has 7 heteroatoms. The molecule has 1 heterocycles. The third kappa shape index (κ3) is 4.20. The molecule has 0 saturated carbocycles. The van der Waals surface area contributed by atoms with Crippen molar-refractivity contribution in [1.82, 2.24) is 20.3 Å². The normalized spacial score (nSPS) is 10.1. The monoisotopic (exact) mass is 273 g/mol. The molecule has 1 aromatic heterocycles. The largest absolute Gasteiger partial charge is 0.350 e. The van der Waals surface area contributed by atoms with Crippen molar-refractivity contribution in [3.8, 4) is 0 Å². The molecule has 2 rings (SSSR count). The molecule has 2 aromatic rings. The van der Waals surface area contributed by atoms with Crippen LogP contribution in [0.1, 0.15) is 12.5 Å². The van der Waals surface area contributed by atoms with Crippen LogP contribution in [0.15, 0.2) is 36.5 Å². The summed E-state index contributed by atoms with van der Waals surface area (Å²) in [7, 11) is 0. The van der Waals surface area contributed by atoms with Crippen LogP contribution in [0.2, 0.25) is 0 Å². The first-order chi connectivity index (χ1) is 9.63. The van der Waals surface area contributed by atoms with Crippen LogP contribution < -0.4 is 10.6 Å². The highest BCUT2D eigenvalue weighted by Crippen LogP contribution is 2.00. The van der Waals surface area contributed by atoms with Gasteiger partial charge in [-0.05, 0) is 5.56 Å². The van der Waals surface area contributed by atoms with Crippen molar-refractivity contribution < 1.29 is 9.59 Å². The fourth-order valence-corrected chi connectivity index (χ4v) is 1.61. The lowest BCUT2D eigenvalue weighted by atomic mass is 10.2. The van der Waals surface area contributed by atoms with E-state index in [1.165, 1.54) is 17.8 Å². The third-order valence-corrected chi connectivity index (χ3v) is 2.48. The minimum atomic E-state index is -0.231. The second-order valence-corrected chi connectivity index (χ2v) is 4.24. The van der Waals surface area contributed by atoms with E-state index in [4.69, 9.17) is 0 Å². The Morgan fingerprint density at radius 1 is 1.25 bits per heavy atom. The van der Waals surface area contributed by atoms with E-state index in [0.717, 1.165) is 5.56 Å². The molecule has 0 saturated heterocycles. The quantitative estimate of drug-likeness (QED) is 0.832. The second-order valence-electron chi connectivity index (χ2n) is 4.24. The number of aromatic nitrogens is 3. The number of nitrogens with one attached hydrogen (secondary N) is 2. The molecule has 0 aliphatic rings. The number of benzene rings is 1. The fraction of sp³-hybridized carbons (Fsp3) is 0.231. The summed E-state index contributed by atoms with van der Waals surface area (Å²) in [5, 5.41) is 12.8. The number of amides is 2. The zero-order valence-electron chi connectivity index (χ0n) is 11.0. The number of nitrogens with zero attached hydrogens (tertiary/aromatic N) is 3. The Labute approximate surface area is 116 Å². The van der Waals surface area contributed by atoms with Crippen LogP contribution in [0.25, 0.3) is 0 Å². The molecule has 0 unspecified atom stereocenters. The molecule has 0 aliphatic carbocycles. The number of hydrogen-bond donors (Lipinski definition) is 2. The third-order valence-electron chi connectivity index (χ3n) is 2.48. The van der Waals surface area contributed by atoms with E-state index in [9.17, 15) is 9.59 Å². The number of carbonyl (C=O) groups is 2. The van der Waals surface area contributed by atoms with Crippen LogP contribution in [-0.2, 0) is 22.7 Å². The Morgan fingerprint density at radius 2 is 2.00 bits per heavy atom. The van der Waals surface area contributed by atoms with Gasteiger partial charge >= 0.3 is 0 Å². The fourth-order valence-electron chi connectivity index (χ4n) is 1.61. The first-order valence-corrected chi connectivity index (χ1v) is 6.12. The van der Waals surface area contributed by atoms with Crippen molar-refractivity contribution in [3.63, 3.8) is 0 Å². The Balaban J connectivity index is 1.82. The van der Waals surface area contributed by atoms with Crippen molar-refractivity contribution in [2.24, 2.45) is 0 Å². The minimum Gasteiger partial charge on any atom is -0.350 e. The molecule has 0 bridgehead atoms. The van der Waals surface area contributed by atoms with E-state index in [1.807, 2.05) is 30.3 Å². The Kier molecular flexibility index (Phi) is 4.43. The molecule has 7 nitrogen and oxygen atoms in total. The smallest absolute Gasteiger partial charge is 0.242 e. The second kappa shape index (κ2) is 6.46. The zero-order valence-corrected chi connectivity index (χ0v) is 11.0. The molecule has 104 valence electrons. The molecule has 0 spiro atoms. The van der Waals surface area contributed by atoms with Crippen molar-refractivity contribution in [3.05, 3.63) is 42.1 Å². The van der Waals surface area contributed by atoms with E-state index in [0.29, 0.717) is 12.4 Å². The lowest BCUT2D eigenvalue weighted by molar-refractivity contribution is -0.122. The summed E-state index contributed by atoms with van der Waals surface area (Å²) in [6.07, 6.45) is 1.50. The number of anilines is 1. The Bertz CT molecular complexity index is 594. The Hall–Kier alpha value is -2.70. The number of rotatable bonds is 5. The van der Waals surface area contributed by atoms with Gasteiger partial charge in [0.2, 0.25) is 11.8 Å². The van der Waals surface area contributed by atoms with Crippen LogP contribution in [0, 0.1) is 0 Å². The van der Waals surface area contributed by atoms with Crippen molar-refractivity contribution in [2.75, 3.05) is 5.32 Å². The first kappa shape index (κ1) is 13.7. The molecule has 1 aromatic carbocycles. The maximum atomic E-state index is 11.7. The molecular formula is C13H15N5O2. The summed E-state index contributed by atoms with van der Waals surface area (Å²) in [5.74, 6) is -0.0768. The van der Waals surface area contributed by atoms with Crippen LogP contribution in [0.3, 0.4) is 0 Å². The van der Waals surface area contributed by atoms with Gasteiger partial charge in [-0.15, -0.1) is 5.10 Å². The summed E-state index contributed by atoms with van der Waals surface area (Å²) in [4.78, 5) is 22.6. The standard InChI is InChI=1S/C13H15N5O2/c1-10(19)15-12-8-18(17-16-12)9-13(20)14-7-11-5-3-2-4-6-11/h2-6,8H,7,9H2,1H3,(H,14,20)(H,15,19).